The van der Waals surface area contributed by atoms with Crippen LogP contribution in [-0.2, 0) is 24.9 Å². The Labute approximate surface area is 172 Å². The van der Waals surface area contributed by atoms with Crippen molar-refractivity contribution in [2.75, 3.05) is 24.3 Å². The molecule has 1 spiro atoms. The molecule has 11 heteroatoms. The van der Waals surface area contributed by atoms with E-state index in [1.807, 2.05) is 0 Å². The number of amidine groups is 1. The Morgan fingerprint density at radius 3 is 2.57 bits per heavy atom. The fourth-order valence-corrected chi connectivity index (χ4v) is 5.95. The number of halogens is 3. The lowest BCUT2D eigenvalue weighted by atomic mass is 9.92. The van der Waals surface area contributed by atoms with E-state index in [0.717, 1.165) is 18.2 Å². The van der Waals surface area contributed by atoms with Crippen LogP contribution in [-0.4, -0.2) is 49.8 Å². The summed E-state index contributed by atoms with van der Waals surface area (Å²) in [5, 5.41) is 2.06. The third kappa shape index (κ3) is 3.47. The average molecular weight is 447 g/mol. The molecule has 0 bridgehead atoms. The highest BCUT2D eigenvalue weighted by Gasteiger charge is 2.57. The minimum absolute atomic E-state index is 0.103. The molecule has 166 valence electrons. The number of anilines is 1. The Morgan fingerprint density at radius 2 is 2.03 bits per heavy atom. The van der Waals surface area contributed by atoms with Gasteiger partial charge in [-0.3, -0.25) is 9.79 Å². The molecule has 2 aliphatic rings. The van der Waals surface area contributed by atoms with E-state index in [-0.39, 0.29) is 36.7 Å². The first kappa shape index (κ1) is 22.5. The predicted octanol–water partition coefficient (Wildman–Crippen LogP) is 2.22. The van der Waals surface area contributed by atoms with Gasteiger partial charge >= 0.3 is 5.92 Å². The molecule has 1 aromatic rings. The van der Waals surface area contributed by atoms with Gasteiger partial charge in [0, 0.05) is 23.8 Å². The Kier molecular flexibility index (Phi) is 5.43. The molecule has 1 unspecified atom stereocenters. The molecule has 30 heavy (non-hydrogen) atoms. The molecule has 0 aliphatic carbocycles. The molecular formula is C19H24F3N3O4S. The molecule has 0 radical (unpaired) electrons. The van der Waals surface area contributed by atoms with E-state index in [1.54, 1.807) is 0 Å². The summed E-state index contributed by atoms with van der Waals surface area (Å²) in [6.45, 7) is 3.88. The highest BCUT2D eigenvalue weighted by molar-refractivity contribution is 7.93. The number of alkyl halides is 2. The van der Waals surface area contributed by atoms with Gasteiger partial charge in [0.25, 0.3) is 5.91 Å². The van der Waals surface area contributed by atoms with Crippen LogP contribution in [0.3, 0.4) is 0 Å². The maximum Gasteiger partial charge on any atom is 0.327 e. The number of benzene rings is 1. The van der Waals surface area contributed by atoms with Crippen molar-refractivity contribution in [1.29, 1.82) is 0 Å². The van der Waals surface area contributed by atoms with Crippen LogP contribution in [0.4, 0.5) is 18.9 Å². The molecule has 2 heterocycles. The maximum atomic E-state index is 14.7. The molecule has 1 aromatic carbocycles. The topological polar surface area (TPSA) is 111 Å². The lowest BCUT2D eigenvalue weighted by Gasteiger charge is -2.39. The first-order chi connectivity index (χ1) is 13.8. The molecule has 3 N–H and O–H groups in total. The van der Waals surface area contributed by atoms with Gasteiger partial charge in [-0.05, 0) is 31.5 Å². The van der Waals surface area contributed by atoms with E-state index < -0.39 is 49.4 Å². The molecule has 1 amide bonds. The van der Waals surface area contributed by atoms with Crippen LogP contribution in [0.25, 0.3) is 0 Å². The smallest absolute Gasteiger partial charge is 0.327 e. The average Bonchev–Trinajstić information content (AvgIpc) is 3.13. The van der Waals surface area contributed by atoms with Gasteiger partial charge in [-0.2, -0.15) is 8.78 Å². The number of ether oxygens (including phenoxy) is 1. The second-order valence-corrected chi connectivity index (χ2v) is 10.6. The van der Waals surface area contributed by atoms with E-state index in [0.29, 0.717) is 0 Å². The fourth-order valence-electron chi connectivity index (χ4n) is 3.69. The molecule has 7 nitrogen and oxygen atoms in total. The summed E-state index contributed by atoms with van der Waals surface area (Å²) < 4.78 is 72.4. The summed E-state index contributed by atoms with van der Waals surface area (Å²) in [6, 6.07) is 3.19. The summed E-state index contributed by atoms with van der Waals surface area (Å²) in [6.07, 6.45) is 0.156. The second-order valence-electron chi connectivity index (χ2n) is 8.25. The molecule has 0 aromatic heterocycles. The van der Waals surface area contributed by atoms with Crippen molar-refractivity contribution in [2.24, 2.45) is 16.6 Å². The van der Waals surface area contributed by atoms with E-state index in [9.17, 15) is 26.4 Å². The van der Waals surface area contributed by atoms with E-state index in [2.05, 4.69) is 10.3 Å². The Hall–Kier alpha value is -2.14. The van der Waals surface area contributed by atoms with E-state index >= 15 is 0 Å². The van der Waals surface area contributed by atoms with Crippen molar-refractivity contribution >= 4 is 27.3 Å². The summed E-state index contributed by atoms with van der Waals surface area (Å²) in [4.78, 5) is 16.2. The number of aliphatic imine (C=N–C) groups is 1. The third-order valence-corrected chi connectivity index (χ3v) is 8.38. The fraction of sp³-hybridized carbons (Fsp3) is 0.579. The van der Waals surface area contributed by atoms with Crippen LogP contribution < -0.4 is 11.1 Å². The predicted molar refractivity (Wildman–Crippen MR) is 106 cm³/mol. The Morgan fingerprint density at radius 1 is 1.37 bits per heavy atom. The van der Waals surface area contributed by atoms with Crippen LogP contribution in [0.1, 0.15) is 32.8 Å². The molecule has 0 saturated carbocycles. The number of amides is 1. The SMILES string of the molecule is CC(C)C(F)(F)C(=O)Nc1ccc(F)c([C@]2(C)CS(=O)(=O)C3(CCOC3)C(N)=N2)c1. The van der Waals surface area contributed by atoms with Crippen LogP contribution in [0.2, 0.25) is 0 Å². The van der Waals surface area contributed by atoms with Crippen molar-refractivity contribution < 1.29 is 31.1 Å². The number of hydrogen-bond acceptors (Lipinski definition) is 6. The zero-order chi connectivity index (χ0) is 22.5. The summed E-state index contributed by atoms with van der Waals surface area (Å²) in [7, 11) is -3.87. The lowest BCUT2D eigenvalue weighted by molar-refractivity contribution is -0.145. The summed E-state index contributed by atoms with van der Waals surface area (Å²) in [5.41, 5.74) is 4.15. The minimum Gasteiger partial charge on any atom is -0.386 e. The number of rotatable bonds is 4. The largest absolute Gasteiger partial charge is 0.386 e. The first-order valence-electron chi connectivity index (χ1n) is 9.40. The molecular weight excluding hydrogens is 423 g/mol. The van der Waals surface area contributed by atoms with Gasteiger partial charge in [0.05, 0.1) is 12.4 Å². The Balaban J connectivity index is 2.01. The van der Waals surface area contributed by atoms with Crippen molar-refractivity contribution in [1.82, 2.24) is 0 Å². The highest BCUT2D eigenvalue weighted by atomic mass is 32.2. The molecule has 1 saturated heterocycles. The van der Waals surface area contributed by atoms with Gasteiger partial charge in [0.1, 0.15) is 17.2 Å². The maximum absolute atomic E-state index is 14.7. The van der Waals surface area contributed by atoms with Crippen molar-refractivity contribution in [3.63, 3.8) is 0 Å². The van der Waals surface area contributed by atoms with Gasteiger partial charge in [0.2, 0.25) is 0 Å². The van der Waals surface area contributed by atoms with Crippen LogP contribution >= 0.6 is 0 Å². The number of nitrogens with one attached hydrogen (secondary N) is 1. The quantitative estimate of drug-likeness (QED) is 0.735. The van der Waals surface area contributed by atoms with Crippen LogP contribution in [0.15, 0.2) is 23.2 Å². The summed E-state index contributed by atoms with van der Waals surface area (Å²) >= 11 is 0. The molecule has 2 aliphatic heterocycles. The molecule has 3 rings (SSSR count). The van der Waals surface area contributed by atoms with Crippen LogP contribution in [0, 0.1) is 11.7 Å². The number of hydrogen-bond donors (Lipinski definition) is 2. The van der Waals surface area contributed by atoms with E-state index in [1.165, 1.54) is 20.8 Å². The van der Waals surface area contributed by atoms with Crippen LogP contribution in [0.5, 0.6) is 0 Å². The highest BCUT2D eigenvalue weighted by Crippen LogP contribution is 2.42. The van der Waals surface area contributed by atoms with E-state index in [4.69, 9.17) is 10.5 Å². The zero-order valence-electron chi connectivity index (χ0n) is 16.8. The second kappa shape index (κ2) is 7.23. The standard InChI is InChI=1S/C19H24F3N3O4S/c1-11(2)19(21,22)16(26)24-12-4-5-14(20)13(8-12)17(3)10-30(27,28)18(15(23)25-17)6-7-29-9-18/h4-5,8,11H,6-7,9-10H2,1-3H3,(H2,23,25)(H,24,26)/t17-,18?/m0/s1. The van der Waals surface area contributed by atoms with Gasteiger partial charge < -0.3 is 15.8 Å². The number of nitrogens with zero attached hydrogens (tertiary/aromatic N) is 1. The van der Waals surface area contributed by atoms with Gasteiger partial charge in [0.15, 0.2) is 14.6 Å². The monoisotopic (exact) mass is 447 g/mol. The third-order valence-electron chi connectivity index (χ3n) is 5.72. The number of nitrogens with two attached hydrogens (primary N) is 1. The molecule has 1 fully saturated rings. The zero-order valence-corrected chi connectivity index (χ0v) is 17.7. The lowest BCUT2D eigenvalue weighted by Crippen LogP contribution is -2.58. The van der Waals surface area contributed by atoms with Gasteiger partial charge in [-0.1, -0.05) is 13.8 Å². The van der Waals surface area contributed by atoms with Crippen molar-refractivity contribution in [3.8, 4) is 0 Å². The summed E-state index contributed by atoms with van der Waals surface area (Å²) in [5.74, 6) is -7.93. The minimum atomic E-state index is -3.87. The molecule has 2 atom stereocenters. The number of sulfone groups is 1. The normalized spacial score (nSPS) is 28.6. The first-order valence-corrected chi connectivity index (χ1v) is 11.1. The van der Waals surface area contributed by atoms with Gasteiger partial charge in [-0.15, -0.1) is 0 Å². The number of carbonyl (C=O) groups is 1. The van der Waals surface area contributed by atoms with Gasteiger partial charge in [-0.25, -0.2) is 12.8 Å². The number of carbonyl (C=O) groups excluding carboxylic acids is 1. The van der Waals surface area contributed by atoms with Crippen molar-refractivity contribution in [3.05, 3.63) is 29.6 Å². The van der Waals surface area contributed by atoms with Crippen molar-refractivity contribution in [2.45, 2.75) is 43.4 Å². The Bertz CT molecular complexity index is 1000.